The van der Waals surface area contributed by atoms with Crippen LogP contribution < -0.4 is 16.4 Å². The van der Waals surface area contributed by atoms with Gasteiger partial charge in [0.15, 0.2) is 0 Å². The molecule has 1 aromatic carbocycles. The predicted molar refractivity (Wildman–Crippen MR) is 74.5 cm³/mol. The highest BCUT2D eigenvalue weighted by Crippen LogP contribution is 2.07. The molecule has 0 spiro atoms. The molecule has 4 N–H and O–H groups in total. The van der Waals surface area contributed by atoms with Gasteiger partial charge in [-0.1, -0.05) is 12.1 Å². The average Bonchev–Trinajstić information content (AvgIpc) is 2.37. The lowest BCUT2D eigenvalue weighted by Gasteiger charge is -2.19. The molecule has 0 aliphatic rings. The molecule has 21 heavy (non-hydrogen) atoms. The minimum Gasteiger partial charge on any atom is -0.368 e. The number of carbonyl (C=O) groups is 3. The standard InChI is InChI=1S/C14H18FN3O3/c1-8(13(16)20)17-14(21)12(18-9(2)19)7-10-4-3-5-11(15)6-10/h3-6,8,12H,7H2,1-2H3,(H2,16,20)(H,17,21)(H,18,19)/t8-,12+/m0/s1. The molecule has 1 aromatic rings. The highest BCUT2D eigenvalue weighted by atomic mass is 19.1. The highest BCUT2D eigenvalue weighted by molar-refractivity contribution is 5.91. The maximum Gasteiger partial charge on any atom is 0.243 e. The van der Waals surface area contributed by atoms with Crippen molar-refractivity contribution in [1.29, 1.82) is 0 Å². The van der Waals surface area contributed by atoms with Crippen molar-refractivity contribution in [2.75, 3.05) is 0 Å². The summed E-state index contributed by atoms with van der Waals surface area (Å²) in [5.41, 5.74) is 5.62. The second-order valence-corrected chi connectivity index (χ2v) is 4.72. The van der Waals surface area contributed by atoms with E-state index in [4.69, 9.17) is 5.73 Å². The molecule has 1 rings (SSSR count). The van der Waals surface area contributed by atoms with Crippen LogP contribution in [0.15, 0.2) is 24.3 Å². The van der Waals surface area contributed by atoms with Crippen LogP contribution in [0.25, 0.3) is 0 Å². The summed E-state index contributed by atoms with van der Waals surface area (Å²) >= 11 is 0. The van der Waals surface area contributed by atoms with Crippen molar-refractivity contribution in [3.8, 4) is 0 Å². The monoisotopic (exact) mass is 295 g/mol. The number of benzene rings is 1. The lowest BCUT2D eigenvalue weighted by atomic mass is 10.0. The third-order valence-electron chi connectivity index (χ3n) is 2.81. The van der Waals surface area contributed by atoms with Crippen molar-refractivity contribution in [2.24, 2.45) is 5.73 Å². The number of hydrogen-bond donors (Lipinski definition) is 3. The Labute approximate surface area is 121 Å². The molecule has 0 fully saturated rings. The SMILES string of the molecule is CC(=O)N[C@H](Cc1cccc(F)c1)C(=O)N[C@@H](C)C(N)=O. The first-order valence-electron chi connectivity index (χ1n) is 6.41. The zero-order valence-corrected chi connectivity index (χ0v) is 11.9. The molecular weight excluding hydrogens is 277 g/mol. The van der Waals surface area contributed by atoms with E-state index in [1.165, 1.54) is 32.0 Å². The van der Waals surface area contributed by atoms with E-state index in [-0.39, 0.29) is 6.42 Å². The summed E-state index contributed by atoms with van der Waals surface area (Å²) in [6, 6.07) is 3.95. The first kappa shape index (κ1) is 16.6. The molecule has 6 nitrogen and oxygen atoms in total. The van der Waals surface area contributed by atoms with E-state index in [9.17, 15) is 18.8 Å². The van der Waals surface area contributed by atoms with Gasteiger partial charge in [-0.05, 0) is 24.6 Å². The third-order valence-corrected chi connectivity index (χ3v) is 2.81. The largest absolute Gasteiger partial charge is 0.368 e. The van der Waals surface area contributed by atoms with E-state index >= 15 is 0 Å². The summed E-state index contributed by atoms with van der Waals surface area (Å²) in [6.07, 6.45) is 0.106. The van der Waals surface area contributed by atoms with Gasteiger partial charge in [-0.15, -0.1) is 0 Å². The molecule has 0 radical (unpaired) electrons. The average molecular weight is 295 g/mol. The van der Waals surface area contributed by atoms with Gasteiger partial charge in [0.2, 0.25) is 17.7 Å². The fourth-order valence-electron chi connectivity index (χ4n) is 1.74. The van der Waals surface area contributed by atoms with Crippen LogP contribution in [-0.2, 0) is 20.8 Å². The van der Waals surface area contributed by atoms with E-state index in [2.05, 4.69) is 10.6 Å². The molecule has 7 heteroatoms. The Bertz CT molecular complexity index is 548. The smallest absolute Gasteiger partial charge is 0.243 e. The Morgan fingerprint density at radius 2 is 1.95 bits per heavy atom. The number of rotatable bonds is 6. The number of carbonyl (C=O) groups excluding carboxylic acids is 3. The lowest BCUT2D eigenvalue weighted by Crippen LogP contribution is -2.52. The third kappa shape index (κ3) is 5.60. The second kappa shape index (κ2) is 7.37. The minimum atomic E-state index is -0.911. The topological polar surface area (TPSA) is 101 Å². The van der Waals surface area contributed by atoms with Crippen LogP contribution in [0.3, 0.4) is 0 Å². The van der Waals surface area contributed by atoms with Gasteiger partial charge in [-0.3, -0.25) is 14.4 Å². The summed E-state index contributed by atoms with van der Waals surface area (Å²) in [5.74, 6) is -2.07. The van der Waals surface area contributed by atoms with Gasteiger partial charge < -0.3 is 16.4 Å². The van der Waals surface area contributed by atoms with Crippen LogP contribution in [0.4, 0.5) is 4.39 Å². The summed E-state index contributed by atoms with van der Waals surface area (Å²) in [5, 5.41) is 4.86. The number of amides is 3. The van der Waals surface area contributed by atoms with E-state index in [0.29, 0.717) is 5.56 Å². The molecular formula is C14H18FN3O3. The van der Waals surface area contributed by atoms with Crippen molar-refractivity contribution >= 4 is 17.7 Å². The number of nitrogens with one attached hydrogen (secondary N) is 2. The number of nitrogens with two attached hydrogens (primary N) is 1. The van der Waals surface area contributed by atoms with Crippen molar-refractivity contribution in [2.45, 2.75) is 32.4 Å². The molecule has 0 aliphatic carbocycles. The molecule has 0 aromatic heterocycles. The van der Waals surface area contributed by atoms with Crippen LogP contribution in [0.1, 0.15) is 19.4 Å². The van der Waals surface area contributed by atoms with Gasteiger partial charge >= 0.3 is 0 Å². The first-order chi connectivity index (χ1) is 9.79. The normalized spacial score (nSPS) is 13.1. The van der Waals surface area contributed by atoms with Crippen molar-refractivity contribution < 1.29 is 18.8 Å². The molecule has 0 bridgehead atoms. The molecule has 3 amide bonds. The zero-order valence-electron chi connectivity index (χ0n) is 11.9. The van der Waals surface area contributed by atoms with Crippen molar-refractivity contribution in [3.63, 3.8) is 0 Å². The number of hydrogen-bond acceptors (Lipinski definition) is 3. The van der Waals surface area contributed by atoms with Gasteiger partial charge in [0.1, 0.15) is 17.9 Å². The number of halogens is 1. The van der Waals surface area contributed by atoms with Gasteiger partial charge in [0.05, 0.1) is 0 Å². The van der Waals surface area contributed by atoms with E-state index in [0.717, 1.165) is 0 Å². The molecule has 0 saturated heterocycles. The van der Waals surface area contributed by atoms with Gasteiger partial charge in [-0.2, -0.15) is 0 Å². The zero-order chi connectivity index (χ0) is 16.0. The van der Waals surface area contributed by atoms with E-state index < -0.39 is 35.6 Å². The Morgan fingerprint density at radius 1 is 1.29 bits per heavy atom. The maximum absolute atomic E-state index is 13.1. The molecule has 0 unspecified atom stereocenters. The predicted octanol–water partition coefficient (Wildman–Crippen LogP) is -0.137. The lowest BCUT2D eigenvalue weighted by molar-refractivity contribution is -0.130. The summed E-state index contributed by atoms with van der Waals surface area (Å²) < 4.78 is 13.1. The summed E-state index contributed by atoms with van der Waals surface area (Å²) in [4.78, 5) is 34.2. The summed E-state index contributed by atoms with van der Waals surface area (Å²) in [6.45, 7) is 2.70. The molecule has 2 atom stereocenters. The summed E-state index contributed by atoms with van der Waals surface area (Å²) in [7, 11) is 0. The Kier molecular flexibility index (Phi) is 5.83. The fourth-order valence-corrected chi connectivity index (χ4v) is 1.74. The first-order valence-corrected chi connectivity index (χ1v) is 6.41. The second-order valence-electron chi connectivity index (χ2n) is 4.72. The van der Waals surface area contributed by atoms with Crippen LogP contribution in [0.5, 0.6) is 0 Å². The Hall–Kier alpha value is -2.44. The van der Waals surface area contributed by atoms with E-state index in [1.807, 2.05) is 0 Å². The molecule has 0 saturated carbocycles. The van der Waals surface area contributed by atoms with Crippen LogP contribution in [-0.4, -0.2) is 29.8 Å². The van der Waals surface area contributed by atoms with Crippen LogP contribution >= 0.6 is 0 Å². The fraction of sp³-hybridized carbons (Fsp3) is 0.357. The number of primary amides is 1. The van der Waals surface area contributed by atoms with Gasteiger partial charge in [0.25, 0.3) is 0 Å². The maximum atomic E-state index is 13.1. The highest BCUT2D eigenvalue weighted by Gasteiger charge is 2.23. The Balaban J connectivity index is 2.82. The van der Waals surface area contributed by atoms with Crippen molar-refractivity contribution in [1.82, 2.24) is 10.6 Å². The quantitative estimate of drug-likeness (QED) is 0.681. The van der Waals surface area contributed by atoms with Gasteiger partial charge in [-0.25, -0.2) is 4.39 Å². The van der Waals surface area contributed by atoms with Crippen molar-refractivity contribution in [3.05, 3.63) is 35.6 Å². The minimum absolute atomic E-state index is 0.106. The molecule has 114 valence electrons. The van der Waals surface area contributed by atoms with Crippen LogP contribution in [0.2, 0.25) is 0 Å². The van der Waals surface area contributed by atoms with E-state index in [1.54, 1.807) is 6.07 Å². The molecule has 0 heterocycles. The van der Waals surface area contributed by atoms with Crippen LogP contribution in [0, 0.1) is 5.82 Å². The Morgan fingerprint density at radius 3 is 2.48 bits per heavy atom. The van der Waals surface area contributed by atoms with Gasteiger partial charge in [0, 0.05) is 13.3 Å². The molecule has 0 aliphatic heterocycles.